The maximum Gasteiger partial charge on any atom is 0.242 e. The van der Waals surface area contributed by atoms with Crippen LogP contribution in [0.1, 0.15) is 44.9 Å². The smallest absolute Gasteiger partial charge is 0.242 e. The summed E-state index contributed by atoms with van der Waals surface area (Å²) in [6.45, 7) is 10.5. The van der Waals surface area contributed by atoms with Gasteiger partial charge in [-0.25, -0.2) is 0 Å². The van der Waals surface area contributed by atoms with E-state index >= 15 is 0 Å². The van der Waals surface area contributed by atoms with E-state index in [1.165, 1.54) is 0 Å². The van der Waals surface area contributed by atoms with E-state index < -0.39 is 5.41 Å². The molecule has 24 heavy (non-hydrogen) atoms. The van der Waals surface area contributed by atoms with Gasteiger partial charge in [0.1, 0.15) is 6.10 Å². The van der Waals surface area contributed by atoms with Crippen LogP contribution in [0.2, 0.25) is 0 Å². The SMILES string of the molecule is Cc1ccccc1C1CN(C(=O)CNC(=O)C(C)(C)C)C(C)CO1. The monoisotopic (exact) mass is 332 g/mol. The van der Waals surface area contributed by atoms with E-state index in [2.05, 4.69) is 5.32 Å². The van der Waals surface area contributed by atoms with Crippen molar-refractivity contribution in [1.29, 1.82) is 0 Å². The molecule has 0 bridgehead atoms. The lowest BCUT2D eigenvalue weighted by Gasteiger charge is -2.38. The number of benzene rings is 1. The average Bonchev–Trinajstić information content (AvgIpc) is 2.52. The van der Waals surface area contributed by atoms with Gasteiger partial charge in [-0.15, -0.1) is 0 Å². The third kappa shape index (κ3) is 4.35. The van der Waals surface area contributed by atoms with Crippen LogP contribution >= 0.6 is 0 Å². The molecular weight excluding hydrogens is 304 g/mol. The highest BCUT2D eigenvalue weighted by molar-refractivity contribution is 5.87. The Kier molecular flexibility index (Phi) is 5.65. The molecule has 0 saturated carbocycles. The topological polar surface area (TPSA) is 58.6 Å². The number of aryl methyl sites for hydroxylation is 1. The number of carbonyl (C=O) groups is 2. The summed E-state index contributed by atoms with van der Waals surface area (Å²) in [7, 11) is 0. The fraction of sp³-hybridized carbons (Fsp3) is 0.579. The molecule has 0 radical (unpaired) electrons. The molecule has 2 atom stereocenters. The van der Waals surface area contributed by atoms with E-state index in [-0.39, 0.29) is 30.5 Å². The number of carbonyl (C=O) groups excluding carboxylic acids is 2. The predicted molar refractivity (Wildman–Crippen MR) is 93.5 cm³/mol. The van der Waals surface area contributed by atoms with Crippen LogP contribution in [0.3, 0.4) is 0 Å². The number of rotatable bonds is 3. The van der Waals surface area contributed by atoms with Crippen LogP contribution in [-0.4, -0.2) is 42.5 Å². The van der Waals surface area contributed by atoms with Gasteiger partial charge in [0.25, 0.3) is 0 Å². The minimum Gasteiger partial charge on any atom is -0.370 e. The van der Waals surface area contributed by atoms with E-state index in [4.69, 9.17) is 4.74 Å². The first-order chi connectivity index (χ1) is 11.2. The summed E-state index contributed by atoms with van der Waals surface area (Å²) in [5.41, 5.74) is 1.77. The fourth-order valence-electron chi connectivity index (χ4n) is 2.76. The zero-order valence-corrected chi connectivity index (χ0v) is 15.3. The van der Waals surface area contributed by atoms with Crippen molar-refractivity contribution in [1.82, 2.24) is 10.2 Å². The van der Waals surface area contributed by atoms with Gasteiger partial charge in [0.2, 0.25) is 11.8 Å². The van der Waals surface area contributed by atoms with E-state index in [1.54, 1.807) is 0 Å². The van der Waals surface area contributed by atoms with Crippen molar-refractivity contribution < 1.29 is 14.3 Å². The van der Waals surface area contributed by atoms with Crippen LogP contribution in [-0.2, 0) is 14.3 Å². The lowest BCUT2D eigenvalue weighted by molar-refractivity contribution is -0.145. The molecule has 0 spiro atoms. The van der Waals surface area contributed by atoms with Gasteiger partial charge < -0.3 is 15.0 Å². The maximum atomic E-state index is 12.6. The number of amides is 2. The lowest BCUT2D eigenvalue weighted by atomic mass is 9.96. The summed E-state index contributed by atoms with van der Waals surface area (Å²) < 4.78 is 5.94. The maximum absolute atomic E-state index is 12.6. The highest BCUT2D eigenvalue weighted by atomic mass is 16.5. The molecule has 1 aliphatic rings. The molecule has 5 heteroatoms. The van der Waals surface area contributed by atoms with Gasteiger partial charge in [0, 0.05) is 5.41 Å². The van der Waals surface area contributed by atoms with Crippen molar-refractivity contribution in [2.75, 3.05) is 19.7 Å². The quantitative estimate of drug-likeness (QED) is 0.925. The second-order valence-electron chi connectivity index (χ2n) is 7.51. The molecule has 2 rings (SSSR count). The first kappa shape index (κ1) is 18.5. The van der Waals surface area contributed by atoms with E-state index in [0.717, 1.165) is 11.1 Å². The number of ether oxygens (including phenoxy) is 1. The highest BCUT2D eigenvalue weighted by Crippen LogP contribution is 2.27. The molecular formula is C19H28N2O3. The molecule has 5 nitrogen and oxygen atoms in total. The Balaban J connectivity index is 2.02. The number of nitrogens with zero attached hydrogens (tertiary/aromatic N) is 1. The molecule has 1 aliphatic heterocycles. The molecule has 2 amide bonds. The Bertz CT molecular complexity index is 607. The van der Waals surface area contributed by atoms with Gasteiger partial charge in [-0.1, -0.05) is 45.0 Å². The minimum atomic E-state index is -0.499. The van der Waals surface area contributed by atoms with E-state index in [1.807, 2.05) is 63.8 Å². The third-order valence-electron chi connectivity index (χ3n) is 4.37. The number of hydrogen-bond acceptors (Lipinski definition) is 3. The van der Waals surface area contributed by atoms with E-state index in [9.17, 15) is 9.59 Å². The molecule has 132 valence electrons. The van der Waals surface area contributed by atoms with Crippen LogP contribution in [0.25, 0.3) is 0 Å². The lowest BCUT2D eigenvalue weighted by Crippen LogP contribution is -2.52. The second kappa shape index (κ2) is 7.34. The normalized spacial score (nSPS) is 21.5. The molecule has 1 N–H and O–H groups in total. The molecule has 1 aromatic rings. The van der Waals surface area contributed by atoms with E-state index in [0.29, 0.717) is 13.2 Å². The van der Waals surface area contributed by atoms with Crippen molar-refractivity contribution in [3.05, 3.63) is 35.4 Å². The van der Waals surface area contributed by atoms with Crippen molar-refractivity contribution in [2.45, 2.75) is 46.8 Å². The zero-order valence-electron chi connectivity index (χ0n) is 15.3. The van der Waals surface area contributed by atoms with Gasteiger partial charge in [-0.3, -0.25) is 9.59 Å². The van der Waals surface area contributed by atoms with Gasteiger partial charge in [0.05, 0.1) is 25.7 Å². The summed E-state index contributed by atoms with van der Waals surface area (Å²) in [4.78, 5) is 26.3. The summed E-state index contributed by atoms with van der Waals surface area (Å²) in [5, 5.41) is 2.74. The van der Waals surface area contributed by atoms with Crippen molar-refractivity contribution >= 4 is 11.8 Å². The Labute approximate surface area is 144 Å². The highest BCUT2D eigenvalue weighted by Gasteiger charge is 2.31. The first-order valence-corrected chi connectivity index (χ1v) is 8.45. The molecule has 2 unspecified atom stereocenters. The van der Waals surface area contributed by atoms with Crippen LogP contribution in [0, 0.1) is 12.3 Å². The van der Waals surface area contributed by atoms with Crippen molar-refractivity contribution in [2.24, 2.45) is 5.41 Å². The first-order valence-electron chi connectivity index (χ1n) is 8.45. The van der Waals surface area contributed by atoms with Crippen molar-refractivity contribution in [3.63, 3.8) is 0 Å². The molecule has 1 fully saturated rings. The molecule has 0 aliphatic carbocycles. The van der Waals surface area contributed by atoms with Gasteiger partial charge in [0.15, 0.2) is 0 Å². The van der Waals surface area contributed by atoms with Crippen LogP contribution in [0.4, 0.5) is 0 Å². The largest absolute Gasteiger partial charge is 0.370 e. The average molecular weight is 332 g/mol. The van der Waals surface area contributed by atoms with Gasteiger partial charge in [-0.05, 0) is 25.0 Å². The van der Waals surface area contributed by atoms with Crippen LogP contribution < -0.4 is 5.32 Å². The van der Waals surface area contributed by atoms with Gasteiger partial charge >= 0.3 is 0 Å². The summed E-state index contributed by atoms with van der Waals surface area (Å²) in [6.07, 6.45) is -0.121. The fourth-order valence-corrected chi connectivity index (χ4v) is 2.76. The standard InChI is InChI=1S/C19H28N2O3/c1-13-8-6-7-9-15(13)16-11-21(14(2)12-24-16)17(22)10-20-18(23)19(3,4)5/h6-9,14,16H,10-12H2,1-5H3,(H,20,23). The number of nitrogens with one attached hydrogen (secondary N) is 1. The molecule has 1 saturated heterocycles. The summed E-state index contributed by atoms with van der Waals surface area (Å²) >= 11 is 0. The number of morpholine rings is 1. The predicted octanol–water partition coefficient (Wildman–Crippen LogP) is 2.45. The Morgan fingerprint density at radius 3 is 2.58 bits per heavy atom. The molecule has 0 aromatic heterocycles. The Hall–Kier alpha value is -1.88. The Morgan fingerprint density at radius 1 is 1.29 bits per heavy atom. The third-order valence-corrected chi connectivity index (χ3v) is 4.37. The number of hydrogen-bond donors (Lipinski definition) is 1. The summed E-state index contributed by atoms with van der Waals surface area (Å²) in [6, 6.07) is 8.07. The van der Waals surface area contributed by atoms with Gasteiger partial charge in [-0.2, -0.15) is 0 Å². The van der Waals surface area contributed by atoms with Crippen LogP contribution in [0.5, 0.6) is 0 Å². The molecule has 1 heterocycles. The zero-order chi connectivity index (χ0) is 17.9. The van der Waals surface area contributed by atoms with Crippen LogP contribution in [0.15, 0.2) is 24.3 Å². The Morgan fingerprint density at radius 2 is 1.96 bits per heavy atom. The minimum absolute atomic E-state index is 0.00399. The summed E-state index contributed by atoms with van der Waals surface area (Å²) in [5.74, 6) is -0.186. The molecule has 1 aromatic carbocycles. The van der Waals surface area contributed by atoms with Crippen molar-refractivity contribution in [3.8, 4) is 0 Å². The second-order valence-corrected chi connectivity index (χ2v) is 7.51.